The molecule has 0 atom stereocenters. The Kier molecular flexibility index (Phi) is 4.67. The zero-order chi connectivity index (χ0) is 21.4. The molecule has 2 N–H and O–H groups in total. The highest BCUT2D eigenvalue weighted by Crippen LogP contribution is 2.40. The molecule has 1 saturated carbocycles. The summed E-state index contributed by atoms with van der Waals surface area (Å²) < 4.78 is 11.6. The molecule has 0 radical (unpaired) electrons. The topological polar surface area (TPSA) is 91.7 Å². The van der Waals surface area contributed by atoms with E-state index in [1.54, 1.807) is 16.8 Å². The Morgan fingerprint density at radius 1 is 1.03 bits per heavy atom. The van der Waals surface area contributed by atoms with Crippen LogP contribution in [0.25, 0.3) is 28.2 Å². The SMILES string of the molecule is COC(=O)Oc1ccnn2c(-c3ccccc3)c(-c3ccc(C4(N)CCC4)cc3)nc12. The molecular weight excluding hydrogens is 392 g/mol. The first-order valence-electron chi connectivity index (χ1n) is 10.2. The van der Waals surface area contributed by atoms with Gasteiger partial charge in [0, 0.05) is 22.7 Å². The summed E-state index contributed by atoms with van der Waals surface area (Å²) in [5.41, 5.74) is 11.3. The van der Waals surface area contributed by atoms with Gasteiger partial charge in [-0.1, -0.05) is 54.6 Å². The van der Waals surface area contributed by atoms with Crippen LogP contribution in [-0.2, 0) is 10.3 Å². The van der Waals surface area contributed by atoms with Gasteiger partial charge in [0.05, 0.1) is 19.0 Å². The van der Waals surface area contributed by atoms with Crippen molar-refractivity contribution in [2.75, 3.05) is 7.11 Å². The highest BCUT2D eigenvalue weighted by Gasteiger charge is 2.34. The van der Waals surface area contributed by atoms with Crippen LogP contribution in [0.5, 0.6) is 5.75 Å². The van der Waals surface area contributed by atoms with Gasteiger partial charge in [0.1, 0.15) is 5.69 Å². The van der Waals surface area contributed by atoms with Crippen molar-refractivity contribution >= 4 is 11.8 Å². The van der Waals surface area contributed by atoms with E-state index >= 15 is 0 Å². The first-order chi connectivity index (χ1) is 15.1. The minimum atomic E-state index is -0.808. The van der Waals surface area contributed by atoms with Gasteiger partial charge in [-0.15, -0.1) is 0 Å². The second kappa shape index (κ2) is 7.52. The van der Waals surface area contributed by atoms with Crippen molar-refractivity contribution in [3.05, 3.63) is 72.4 Å². The van der Waals surface area contributed by atoms with Gasteiger partial charge in [0.25, 0.3) is 0 Å². The van der Waals surface area contributed by atoms with Crippen LogP contribution < -0.4 is 10.5 Å². The third kappa shape index (κ3) is 3.33. The number of aromatic nitrogens is 3. The van der Waals surface area contributed by atoms with Crippen molar-refractivity contribution in [3.8, 4) is 28.3 Å². The van der Waals surface area contributed by atoms with Gasteiger partial charge in [0.15, 0.2) is 11.4 Å². The zero-order valence-corrected chi connectivity index (χ0v) is 17.1. The molecule has 1 aliphatic rings. The van der Waals surface area contributed by atoms with E-state index in [0.717, 1.165) is 47.3 Å². The molecule has 0 spiro atoms. The lowest BCUT2D eigenvalue weighted by molar-refractivity contribution is 0.121. The van der Waals surface area contributed by atoms with Gasteiger partial charge in [-0.05, 0) is 24.8 Å². The molecule has 0 amide bonds. The van der Waals surface area contributed by atoms with Gasteiger partial charge in [-0.2, -0.15) is 5.10 Å². The molecule has 2 heterocycles. The maximum atomic E-state index is 11.7. The van der Waals surface area contributed by atoms with Gasteiger partial charge in [0.2, 0.25) is 0 Å². The van der Waals surface area contributed by atoms with Gasteiger partial charge < -0.3 is 15.2 Å². The number of nitrogens with zero attached hydrogens (tertiary/aromatic N) is 3. The molecule has 0 aliphatic heterocycles. The molecule has 7 nitrogen and oxygen atoms in total. The molecule has 1 aliphatic carbocycles. The van der Waals surface area contributed by atoms with E-state index in [0.29, 0.717) is 5.65 Å². The van der Waals surface area contributed by atoms with E-state index in [2.05, 4.69) is 22.0 Å². The second-order valence-electron chi connectivity index (χ2n) is 7.75. The highest BCUT2D eigenvalue weighted by atomic mass is 16.7. The number of hydrogen-bond donors (Lipinski definition) is 1. The van der Waals surface area contributed by atoms with E-state index in [1.807, 2.05) is 42.5 Å². The summed E-state index contributed by atoms with van der Waals surface area (Å²) in [6.45, 7) is 0. The van der Waals surface area contributed by atoms with Gasteiger partial charge >= 0.3 is 6.16 Å². The Bertz CT molecular complexity index is 1250. The van der Waals surface area contributed by atoms with Crippen molar-refractivity contribution < 1.29 is 14.3 Å². The number of carbonyl (C=O) groups excluding carboxylic acids is 1. The number of nitrogens with two attached hydrogens (primary N) is 1. The third-order valence-electron chi connectivity index (χ3n) is 5.87. The molecule has 156 valence electrons. The fourth-order valence-electron chi connectivity index (χ4n) is 4.00. The van der Waals surface area contributed by atoms with Crippen LogP contribution >= 0.6 is 0 Å². The van der Waals surface area contributed by atoms with Crippen molar-refractivity contribution in [2.24, 2.45) is 5.73 Å². The normalized spacial score (nSPS) is 14.8. The minimum absolute atomic E-state index is 0.219. The highest BCUT2D eigenvalue weighted by molar-refractivity contribution is 5.83. The molecule has 0 saturated heterocycles. The first kappa shape index (κ1) is 19.3. The van der Waals surface area contributed by atoms with Crippen molar-refractivity contribution in [1.29, 1.82) is 0 Å². The number of fused-ring (bicyclic) bond motifs is 1. The second-order valence-corrected chi connectivity index (χ2v) is 7.75. The minimum Gasteiger partial charge on any atom is -0.437 e. The van der Waals surface area contributed by atoms with Crippen LogP contribution in [0, 0.1) is 0 Å². The lowest BCUT2D eigenvalue weighted by atomic mass is 9.72. The van der Waals surface area contributed by atoms with Crippen LogP contribution in [0.2, 0.25) is 0 Å². The number of hydrogen-bond acceptors (Lipinski definition) is 6. The van der Waals surface area contributed by atoms with E-state index < -0.39 is 6.16 Å². The van der Waals surface area contributed by atoms with Crippen molar-refractivity contribution in [3.63, 3.8) is 0 Å². The Morgan fingerprint density at radius 2 is 1.77 bits per heavy atom. The number of carbonyl (C=O) groups is 1. The van der Waals surface area contributed by atoms with Gasteiger partial charge in [-0.25, -0.2) is 14.3 Å². The predicted octanol–water partition coefficient (Wildman–Crippen LogP) is 4.55. The van der Waals surface area contributed by atoms with Crippen LogP contribution in [0.4, 0.5) is 4.79 Å². The Balaban J connectivity index is 1.68. The maximum absolute atomic E-state index is 11.7. The summed E-state index contributed by atoms with van der Waals surface area (Å²) in [5, 5.41) is 4.48. The lowest BCUT2D eigenvalue weighted by Gasteiger charge is -2.38. The molecule has 0 bridgehead atoms. The van der Waals surface area contributed by atoms with Crippen LogP contribution in [0.3, 0.4) is 0 Å². The number of ether oxygens (including phenoxy) is 2. The summed E-state index contributed by atoms with van der Waals surface area (Å²) in [5.74, 6) is 0.275. The standard InChI is InChI=1S/C24H22N4O3/c1-30-23(29)31-19-12-15-26-28-21(17-6-3-2-4-7-17)20(27-22(19)28)16-8-10-18(11-9-16)24(25)13-5-14-24/h2-4,6-12,15H,5,13-14,25H2,1H3. The smallest absolute Gasteiger partial charge is 0.437 e. The van der Waals surface area contributed by atoms with E-state index in [9.17, 15) is 4.79 Å². The number of imidazole rings is 1. The molecule has 5 rings (SSSR count). The summed E-state index contributed by atoms with van der Waals surface area (Å²) >= 11 is 0. The van der Waals surface area contributed by atoms with E-state index in [4.69, 9.17) is 15.5 Å². The average Bonchev–Trinajstić information content (AvgIpc) is 3.18. The van der Waals surface area contributed by atoms with E-state index in [-0.39, 0.29) is 11.3 Å². The average molecular weight is 414 g/mol. The quantitative estimate of drug-likeness (QED) is 0.493. The Labute approximate surface area is 179 Å². The molecule has 31 heavy (non-hydrogen) atoms. The number of rotatable bonds is 4. The Hall–Kier alpha value is -3.71. The van der Waals surface area contributed by atoms with E-state index in [1.165, 1.54) is 7.11 Å². The molecule has 7 heteroatoms. The molecule has 0 unspecified atom stereocenters. The monoisotopic (exact) mass is 414 g/mol. The van der Waals surface area contributed by atoms with Crippen LogP contribution in [0.1, 0.15) is 24.8 Å². The fraction of sp³-hybridized carbons (Fsp3) is 0.208. The summed E-state index contributed by atoms with van der Waals surface area (Å²) in [6.07, 6.45) is 3.94. The lowest BCUT2D eigenvalue weighted by Crippen LogP contribution is -2.43. The third-order valence-corrected chi connectivity index (χ3v) is 5.87. The molecule has 4 aromatic rings. The first-order valence-corrected chi connectivity index (χ1v) is 10.2. The zero-order valence-electron chi connectivity index (χ0n) is 17.1. The van der Waals surface area contributed by atoms with Crippen molar-refractivity contribution in [1.82, 2.24) is 14.6 Å². The number of methoxy groups -OCH3 is 1. The fourth-order valence-corrected chi connectivity index (χ4v) is 4.00. The van der Waals surface area contributed by atoms with Gasteiger partial charge in [-0.3, -0.25) is 0 Å². The molecule has 2 aromatic heterocycles. The predicted molar refractivity (Wildman–Crippen MR) is 117 cm³/mol. The Morgan fingerprint density at radius 3 is 2.42 bits per heavy atom. The summed E-state index contributed by atoms with van der Waals surface area (Å²) in [6, 6.07) is 19.7. The van der Waals surface area contributed by atoms with Crippen LogP contribution in [0.15, 0.2) is 66.9 Å². The largest absolute Gasteiger partial charge is 0.513 e. The molecule has 1 fully saturated rings. The summed E-state index contributed by atoms with van der Waals surface area (Å²) in [7, 11) is 1.26. The molecular formula is C24H22N4O3. The summed E-state index contributed by atoms with van der Waals surface area (Å²) in [4.78, 5) is 16.5. The molecule has 2 aromatic carbocycles. The maximum Gasteiger partial charge on any atom is 0.513 e. The van der Waals surface area contributed by atoms with Crippen molar-refractivity contribution in [2.45, 2.75) is 24.8 Å². The van der Waals surface area contributed by atoms with Crippen LogP contribution in [-0.4, -0.2) is 27.9 Å². The number of benzene rings is 2.